The van der Waals surface area contributed by atoms with Crippen LogP contribution in [0.4, 0.5) is 0 Å². The van der Waals surface area contributed by atoms with E-state index >= 15 is 0 Å². The first-order valence-corrected chi connectivity index (χ1v) is 8.52. The highest BCUT2D eigenvalue weighted by Gasteiger charge is 2.47. The summed E-state index contributed by atoms with van der Waals surface area (Å²) in [5, 5.41) is 0. The summed E-state index contributed by atoms with van der Waals surface area (Å²) in [4.78, 5) is 29.0. The van der Waals surface area contributed by atoms with Crippen molar-refractivity contribution in [2.45, 2.75) is 32.6 Å². The fourth-order valence-electron chi connectivity index (χ4n) is 3.59. The van der Waals surface area contributed by atoms with E-state index in [0.29, 0.717) is 6.54 Å². The Labute approximate surface area is 139 Å². The van der Waals surface area contributed by atoms with Crippen LogP contribution in [0.5, 0.6) is 0 Å². The Morgan fingerprint density at radius 2 is 1.78 bits per heavy atom. The number of amides is 2. The third-order valence-corrected chi connectivity index (χ3v) is 4.83. The van der Waals surface area contributed by atoms with Crippen LogP contribution in [0.25, 0.3) is 0 Å². The van der Waals surface area contributed by atoms with E-state index in [1.54, 1.807) is 0 Å². The summed E-state index contributed by atoms with van der Waals surface area (Å²) in [5.74, 6) is -0.340. The van der Waals surface area contributed by atoms with Crippen LogP contribution >= 0.6 is 0 Å². The second-order valence-corrected chi connectivity index (χ2v) is 6.72. The lowest BCUT2D eigenvalue weighted by molar-refractivity contribution is -0.140. The van der Waals surface area contributed by atoms with Gasteiger partial charge in [0.1, 0.15) is 0 Å². The van der Waals surface area contributed by atoms with Gasteiger partial charge in [0.25, 0.3) is 0 Å². The summed E-state index contributed by atoms with van der Waals surface area (Å²) in [6.07, 6.45) is 1.69. The Hall–Kier alpha value is -1.68. The van der Waals surface area contributed by atoms with Gasteiger partial charge in [0.2, 0.25) is 11.8 Å². The Kier molecular flexibility index (Phi) is 5.94. The van der Waals surface area contributed by atoms with E-state index in [-0.39, 0.29) is 29.6 Å². The zero-order chi connectivity index (χ0) is 17.0. The van der Waals surface area contributed by atoms with E-state index in [1.165, 1.54) is 4.90 Å². The Bertz CT molecular complexity index is 542. The van der Waals surface area contributed by atoms with Gasteiger partial charge in [-0.25, -0.2) is 0 Å². The summed E-state index contributed by atoms with van der Waals surface area (Å²) in [6, 6.07) is 10.1. The number of hydrogen-bond donors (Lipinski definition) is 0. The van der Waals surface area contributed by atoms with Crippen molar-refractivity contribution < 1.29 is 9.59 Å². The molecule has 23 heavy (non-hydrogen) atoms. The quantitative estimate of drug-likeness (QED) is 0.726. The van der Waals surface area contributed by atoms with Gasteiger partial charge in [-0.05, 0) is 45.0 Å². The van der Waals surface area contributed by atoms with Gasteiger partial charge in [-0.15, -0.1) is 0 Å². The zero-order valence-corrected chi connectivity index (χ0v) is 14.7. The van der Waals surface area contributed by atoms with Crippen LogP contribution in [0.3, 0.4) is 0 Å². The lowest BCUT2D eigenvalue weighted by Gasteiger charge is -2.23. The Balaban J connectivity index is 2.15. The minimum atomic E-state index is -0.230. The normalized spacial score (nSPS) is 22.9. The lowest BCUT2D eigenvalue weighted by atomic mass is 9.78. The summed E-state index contributed by atoms with van der Waals surface area (Å²) < 4.78 is 0. The molecule has 126 valence electrons. The predicted molar refractivity (Wildman–Crippen MR) is 92.0 cm³/mol. The maximum atomic E-state index is 12.9. The van der Waals surface area contributed by atoms with Crippen molar-refractivity contribution in [2.75, 3.05) is 27.2 Å². The standard InChI is InChI=1S/C19H28N2O2/c1-5-16(15-10-7-6-8-11-15)17-14(2)18(22)21(19(17)23)13-9-12-20(3)4/h6-8,10-11,14,16-17H,5,9,12-13H2,1-4H3. The molecule has 4 heteroatoms. The van der Waals surface area contributed by atoms with Gasteiger partial charge < -0.3 is 4.90 Å². The average molecular weight is 316 g/mol. The van der Waals surface area contributed by atoms with E-state index in [1.807, 2.05) is 39.2 Å². The summed E-state index contributed by atoms with van der Waals surface area (Å²) in [5.41, 5.74) is 1.16. The molecule has 1 aromatic carbocycles. The number of carbonyl (C=O) groups is 2. The first-order valence-electron chi connectivity index (χ1n) is 8.52. The number of nitrogens with zero attached hydrogens (tertiary/aromatic N) is 2. The van der Waals surface area contributed by atoms with Gasteiger partial charge in [0.05, 0.1) is 5.92 Å². The third-order valence-electron chi connectivity index (χ3n) is 4.83. The largest absolute Gasteiger partial charge is 0.309 e. The van der Waals surface area contributed by atoms with Crippen LogP contribution in [-0.4, -0.2) is 48.8 Å². The number of carbonyl (C=O) groups excluding carboxylic acids is 2. The minimum absolute atomic E-state index is 0.00635. The number of hydrogen-bond acceptors (Lipinski definition) is 3. The summed E-state index contributed by atoms with van der Waals surface area (Å²) in [7, 11) is 4.00. The van der Waals surface area contributed by atoms with Crippen LogP contribution in [0, 0.1) is 11.8 Å². The van der Waals surface area contributed by atoms with Gasteiger partial charge in [0.15, 0.2) is 0 Å². The highest BCUT2D eigenvalue weighted by Crippen LogP contribution is 2.39. The molecule has 0 radical (unpaired) electrons. The van der Waals surface area contributed by atoms with Crippen molar-refractivity contribution in [1.29, 1.82) is 0 Å². The van der Waals surface area contributed by atoms with E-state index in [4.69, 9.17) is 0 Å². The second-order valence-electron chi connectivity index (χ2n) is 6.72. The Morgan fingerprint density at radius 1 is 1.13 bits per heavy atom. The van der Waals surface area contributed by atoms with E-state index in [0.717, 1.165) is 24.9 Å². The van der Waals surface area contributed by atoms with Gasteiger partial charge in [-0.1, -0.05) is 44.2 Å². The molecule has 0 aliphatic carbocycles. The molecule has 3 unspecified atom stereocenters. The van der Waals surface area contributed by atoms with Gasteiger partial charge in [-0.2, -0.15) is 0 Å². The molecule has 0 saturated carbocycles. The van der Waals surface area contributed by atoms with Crippen molar-refractivity contribution in [1.82, 2.24) is 9.80 Å². The molecule has 1 heterocycles. The van der Waals surface area contributed by atoms with E-state index in [9.17, 15) is 9.59 Å². The van der Waals surface area contributed by atoms with Crippen LogP contribution in [0.2, 0.25) is 0 Å². The fourth-order valence-corrected chi connectivity index (χ4v) is 3.59. The SMILES string of the molecule is CCC(c1ccccc1)C1C(=O)N(CCCN(C)C)C(=O)C1C. The van der Waals surface area contributed by atoms with E-state index in [2.05, 4.69) is 24.0 Å². The number of likely N-dealkylation sites (tertiary alicyclic amines) is 1. The van der Waals surface area contributed by atoms with Crippen LogP contribution in [0.1, 0.15) is 38.2 Å². The number of benzene rings is 1. The van der Waals surface area contributed by atoms with Crippen LogP contribution in [-0.2, 0) is 9.59 Å². The molecule has 0 bridgehead atoms. The molecule has 0 N–H and O–H groups in total. The summed E-state index contributed by atoms with van der Waals surface area (Å²) >= 11 is 0. The maximum absolute atomic E-state index is 12.9. The van der Waals surface area contributed by atoms with Gasteiger partial charge in [0, 0.05) is 12.5 Å². The van der Waals surface area contributed by atoms with Crippen molar-refractivity contribution in [2.24, 2.45) is 11.8 Å². The van der Waals surface area contributed by atoms with Gasteiger partial charge in [-0.3, -0.25) is 14.5 Å². The molecule has 2 amide bonds. The van der Waals surface area contributed by atoms with E-state index < -0.39 is 0 Å². The topological polar surface area (TPSA) is 40.6 Å². The molecule has 1 fully saturated rings. The molecule has 2 rings (SSSR count). The Morgan fingerprint density at radius 3 is 2.35 bits per heavy atom. The first-order chi connectivity index (χ1) is 11.0. The third kappa shape index (κ3) is 3.81. The highest BCUT2D eigenvalue weighted by molar-refractivity contribution is 6.05. The van der Waals surface area contributed by atoms with Crippen molar-refractivity contribution in [3.05, 3.63) is 35.9 Å². The molecule has 1 aromatic rings. The number of imide groups is 1. The summed E-state index contributed by atoms with van der Waals surface area (Å²) in [6.45, 7) is 5.41. The predicted octanol–water partition coefficient (Wildman–Crippen LogP) is 2.75. The second kappa shape index (κ2) is 7.73. The van der Waals surface area contributed by atoms with Crippen molar-refractivity contribution >= 4 is 11.8 Å². The zero-order valence-electron chi connectivity index (χ0n) is 14.7. The molecule has 1 aliphatic rings. The van der Waals surface area contributed by atoms with Gasteiger partial charge >= 0.3 is 0 Å². The maximum Gasteiger partial charge on any atom is 0.233 e. The average Bonchev–Trinajstić information content (AvgIpc) is 2.74. The molecule has 0 spiro atoms. The lowest BCUT2D eigenvalue weighted by Crippen LogP contribution is -2.34. The molecule has 1 saturated heterocycles. The molecule has 3 atom stereocenters. The smallest absolute Gasteiger partial charge is 0.233 e. The molecule has 1 aliphatic heterocycles. The molecular weight excluding hydrogens is 288 g/mol. The first kappa shape index (κ1) is 17.7. The van der Waals surface area contributed by atoms with Crippen molar-refractivity contribution in [3.63, 3.8) is 0 Å². The monoisotopic (exact) mass is 316 g/mol. The van der Waals surface area contributed by atoms with Crippen molar-refractivity contribution in [3.8, 4) is 0 Å². The molecule has 4 nitrogen and oxygen atoms in total. The highest BCUT2D eigenvalue weighted by atomic mass is 16.2. The molecule has 0 aromatic heterocycles. The minimum Gasteiger partial charge on any atom is -0.309 e. The van der Waals surface area contributed by atoms with Crippen LogP contribution in [0.15, 0.2) is 30.3 Å². The molecular formula is C19H28N2O2. The fraction of sp³-hybridized carbons (Fsp3) is 0.579. The van der Waals surface area contributed by atoms with Crippen LogP contribution < -0.4 is 0 Å². The number of rotatable bonds is 7.